The number of fused-ring (bicyclic) bond motifs is 2. The Kier molecular flexibility index (Phi) is 10.9. The van der Waals surface area contributed by atoms with Crippen LogP contribution in [-0.2, 0) is 4.79 Å². The summed E-state index contributed by atoms with van der Waals surface area (Å²) in [5.41, 5.74) is 5.61. The molecule has 2 saturated carbocycles. The number of aliphatic hydroxyl groups excluding tert-OH is 1. The average Bonchev–Trinajstić information content (AvgIpc) is 3.82. The van der Waals surface area contributed by atoms with E-state index in [2.05, 4.69) is 72.5 Å². The Morgan fingerprint density at radius 1 is 1.06 bits per heavy atom. The zero-order valence-electron chi connectivity index (χ0n) is 32.2. The van der Waals surface area contributed by atoms with Crippen molar-refractivity contribution in [3.05, 3.63) is 70.4 Å². The van der Waals surface area contributed by atoms with Crippen LogP contribution in [0.15, 0.2) is 36.5 Å². The second-order valence-corrected chi connectivity index (χ2v) is 16.8. The van der Waals surface area contributed by atoms with Crippen molar-refractivity contribution in [2.45, 2.75) is 98.0 Å². The summed E-state index contributed by atoms with van der Waals surface area (Å²) in [7, 11) is 0. The molecular weight excluding hydrogens is 686 g/mol. The monoisotopic (exact) mass is 739 g/mol. The van der Waals surface area contributed by atoms with E-state index in [1.165, 1.54) is 17.0 Å². The standard InChI is InChI=1S/C42H54FN7O4/c1-22(2)28-12-9-24(5)16-31(28)37-36(19-33-30-18-26(43)11-14-34(30)47-41(33)52)46-39(32-17-25(6)10-13-29(32)23(3)4)38(37)42(53)45-20-27(51)21-54-50-40-35(48-49-50)8-7-15-44-40/h7-8,11,14-15,18-19,22-25,27-29,31-32,46,51H,9-10,12-13,16-17,20-21H2,1-6H3,(H,45,53)(H,47,52). The van der Waals surface area contributed by atoms with E-state index >= 15 is 0 Å². The van der Waals surface area contributed by atoms with E-state index < -0.39 is 11.9 Å². The average molecular weight is 740 g/mol. The van der Waals surface area contributed by atoms with Gasteiger partial charge in [0.25, 0.3) is 11.8 Å². The zero-order chi connectivity index (χ0) is 38.3. The first kappa shape index (κ1) is 37.7. The number of H-pyrrole nitrogens is 1. The van der Waals surface area contributed by atoms with Gasteiger partial charge in [-0.15, -0.1) is 5.10 Å². The molecule has 4 N–H and O–H groups in total. The summed E-state index contributed by atoms with van der Waals surface area (Å²) < 4.78 is 14.6. The van der Waals surface area contributed by atoms with Crippen LogP contribution in [0.3, 0.4) is 0 Å². The smallest absolute Gasteiger partial charge is 0.256 e. The SMILES string of the molecule is CC1CCC(C(C)C)C(c2[nH]c(C=C3C(=O)Nc4ccc(F)cc43)c(C3CC(C)CCC3C(C)C)c2C(=O)NCC(O)COn2nnc3cccnc32)C1. The fraction of sp³-hybridized carbons (Fsp3) is 0.548. The molecule has 2 fully saturated rings. The fourth-order valence-electron chi connectivity index (χ4n) is 9.44. The number of amides is 2. The molecule has 288 valence electrons. The lowest BCUT2D eigenvalue weighted by Gasteiger charge is -2.39. The molecule has 11 nitrogen and oxygen atoms in total. The molecule has 12 heteroatoms. The molecule has 1 aliphatic heterocycles. The number of rotatable bonds is 11. The fourth-order valence-corrected chi connectivity index (χ4v) is 9.44. The number of anilines is 1. The van der Waals surface area contributed by atoms with Crippen LogP contribution >= 0.6 is 0 Å². The van der Waals surface area contributed by atoms with Gasteiger partial charge in [0.2, 0.25) is 5.65 Å². The summed E-state index contributed by atoms with van der Waals surface area (Å²) in [6.07, 6.45) is 8.58. The van der Waals surface area contributed by atoms with E-state index in [0.29, 0.717) is 69.1 Å². The van der Waals surface area contributed by atoms with Crippen molar-refractivity contribution in [3.8, 4) is 0 Å². The van der Waals surface area contributed by atoms with Gasteiger partial charge in [0, 0.05) is 41.3 Å². The number of nitrogens with one attached hydrogen (secondary N) is 3. The number of aliphatic hydroxyl groups is 1. The summed E-state index contributed by atoms with van der Waals surface area (Å²) in [5.74, 6) is 1.48. The minimum absolute atomic E-state index is 0.0441. The Hall–Kier alpha value is -4.58. The van der Waals surface area contributed by atoms with Gasteiger partial charge in [0.05, 0.1) is 11.1 Å². The largest absolute Gasteiger partial charge is 0.391 e. The third-order valence-corrected chi connectivity index (χ3v) is 12.2. The highest BCUT2D eigenvalue weighted by atomic mass is 19.1. The van der Waals surface area contributed by atoms with Crippen molar-refractivity contribution in [2.24, 2.45) is 35.5 Å². The molecule has 7 atom stereocenters. The molecule has 54 heavy (non-hydrogen) atoms. The minimum atomic E-state index is -1.05. The maximum atomic E-state index is 14.9. The Bertz CT molecular complexity index is 2040. The summed E-state index contributed by atoms with van der Waals surface area (Å²) >= 11 is 0. The number of benzene rings is 1. The van der Waals surface area contributed by atoms with Crippen LogP contribution in [0.25, 0.3) is 22.8 Å². The van der Waals surface area contributed by atoms with Crippen molar-refractivity contribution in [3.63, 3.8) is 0 Å². The summed E-state index contributed by atoms with van der Waals surface area (Å²) in [5, 5.41) is 25.1. The predicted molar refractivity (Wildman–Crippen MR) is 207 cm³/mol. The van der Waals surface area contributed by atoms with E-state index in [9.17, 15) is 19.1 Å². The van der Waals surface area contributed by atoms with E-state index in [1.54, 1.807) is 24.4 Å². The van der Waals surface area contributed by atoms with E-state index in [-0.39, 0.29) is 36.8 Å². The van der Waals surface area contributed by atoms with Gasteiger partial charge in [-0.25, -0.2) is 9.37 Å². The van der Waals surface area contributed by atoms with Gasteiger partial charge < -0.3 is 25.6 Å². The van der Waals surface area contributed by atoms with Gasteiger partial charge in [-0.3, -0.25) is 9.59 Å². The molecule has 3 aliphatic rings. The molecule has 0 bridgehead atoms. The number of hydrogen-bond acceptors (Lipinski definition) is 7. The van der Waals surface area contributed by atoms with E-state index in [4.69, 9.17) is 4.84 Å². The Morgan fingerprint density at radius 2 is 1.76 bits per heavy atom. The first-order chi connectivity index (χ1) is 25.9. The zero-order valence-corrected chi connectivity index (χ0v) is 32.2. The molecule has 7 rings (SSSR count). The van der Waals surface area contributed by atoms with Crippen LogP contribution < -0.4 is 15.5 Å². The highest BCUT2D eigenvalue weighted by molar-refractivity contribution is 6.35. The highest BCUT2D eigenvalue weighted by Crippen LogP contribution is 2.51. The maximum Gasteiger partial charge on any atom is 0.256 e. The number of nitrogens with zero attached hydrogens (tertiary/aromatic N) is 4. The van der Waals surface area contributed by atoms with Crippen LogP contribution in [0.5, 0.6) is 0 Å². The molecule has 7 unspecified atom stereocenters. The van der Waals surface area contributed by atoms with Crippen molar-refractivity contribution in [1.82, 2.24) is 30.4 Å². The van der Waals surface area contributed by atoms with Crippen LogP contribution in [0.4, 0.5) is 10.1 Å². The molecule has 0 spiro atoms. The molecule has 0 saturated heterocycles. The molecule has 0 radical (unpaired) electrons. The summed E-state index contributed by atoms with van der Waals surface area (Å²) in [6, 6.07) is 7.86. The quantitative estimate of drug-likeness (QED) is 0.118. The van der Waals surface area contributed by atoms with Crippen LogP contribution in [-0.4, -0.2) is 61.3 Å². The molecule has 2 aliphatic carbocycles. The highest BCUT2D eigenvalue weighted by Gasteiger charge is 2.42. The Labute approximate surface area is 316 Å². The predicted octanol–water partition coefficient (Wildman–Crippen LogP) is 7.36. The van der Waals surface area contributed by atoms with Crippen LogP contribution in [0.1, 0.15) is 125 Å². The van der Waals surface area contributed by atoms with Crippen LogP contribution in [0, 0.1) is 41.3 Å². The molecular formula is C42H54FN7O4. The van der Waals surface area contributed by atoms with Crippen molar-refractivity contribution < 1.29 is 23.9 Å². The van der Waals surface area contributed by atoms with Gasteiger partial charge in [-0.2, -0.15) is 0 Å². The molecule has 2 amide bonds. The van der Waals surface area contributed by atoms with E-state index in [1.807, 2.05) is 6.08 Å². The maximum absolute atomic E-state index is 14.9. The minimum Gasteiger partial charge on any atom is -0.391 e. The molecule has 4 heterocycles. The first-order valence-corrected chi connectivity index (χ1v) is 19.7. The third-order valence-electron chi connectivity index (χ3n) is 12.2. The van der Waals surface area contributed by atoms with Crippen molar-refractivity contribution in [2.75, 3.05) is 18.5 Å². The van der Waals surface area contributed by atoms with Crippen molar-refractivity contribution in [1.29, 1.82) is 0 Å². The van der Waals surface area contributed by atoms with Gasteiger partial charge in [0.1, 0.15) is 24.0 Å². The second-order valence-electron chi connectivity index (χ2n) is 16.8. The number of hydrogen-bond donors (Lipinski definition) is 4. The molecule has 1 aromatic carbocycles. The van der Waals surface area contributed by atoms with Gasteiger partial charge in [-0.05, 0) is 114 Å². The van der Waals surface area contributed by atoms with E-state index in [0.717, 1.165) is 55.5 Å². The van der Waals surface area contributed by atoms with Crippen molar-refractivity contribution >= 4 is 40.3 Å². The summed E-state index contributed by atoms with van der Waals surface area (Å²) in [6.45, 7) is 13.4. The number of halogens is 1. The van der Waals surface area contributed by atoms with Gasteiger partial charge >= 0.3 is 0 Å². The van der Waals surface area contributed by atoms with Crippen LogP contribution in [0.2, 0.25) is 0 Å². The first-order valence-electron chi connectivity index (χ1n) is 19.7. The van der Waals surface area contributed by atoms with Gasteiger partial charge in [0.15, 0.2) is 0 Å². The third kappa shape index (κ3) is 7.54. The molecule has 3 aromatic heterocycles. The Balaban J connectivity index is 1.31. The number of aromatic nitrogens is 5. The number of aromatic amines is 1. The number of carbonyl (C=O) groups excluding carboxylic acids is 2. The Morgan fingerprint density at radius 3 is 2.48 bits per heavy atom. The number of pyridine rings is 1. The lowest BCUT2D eigenvalue weighted by Crippen LogP contribution is -2.38. The lowest BCUT2D eigenvalue weighted by atomic mass is 9.65. The summed E-state index contributed by atoms with van der Waals surface area (Å²) in [4.78, 5) is 43.4. The molecule has 4 aromatic rings. The lowest BCUT2D eigenvalue weighted by molar-refractivity contribution is -0.110. The normalized spacial score (nSPS) is 25.7. The van der Waals surface area contributed by atoms with Gasteiger partial charge in [-0.1, -0.05) is 59.2 Å². The number of carbonyl (C=O) groups is 2. The topological polar surface area (TPSA) is 147 Å². The second kappa shape index (κ2) is 15.6.